The Labute approximate surface area is 137 Å². The van der Waals surface area contributed by atoms with Crippen molar-refractivity contribution in [2.45, 2.75) is 58.2 Å². The van der Waals surface area contributed by atoms with Crippen molar-refractivity contribution in [3.63, 3.8) is 0 Å². The van der Waals surface area contributed by atoms with Crippen molar-refractivity contribution in [1.29, 1.82) is 0 Å². The van der Waals surface area contributed by atoms with Crippen molar-refractivity contribution in [1.82, 2.24) is 15.2 Å². The number of hydrogen-bond donors (Lipinski definition) is 1. The molecule has 0 unspecified atom stereocenters. The van der Waals surface area contributed by atoms with Gasteiger partial charge in [-0.1, -0.05) is 0 Å². The standard InChI is InChI=1S/C17H25N3O3/c1-12-14(19-15(21)13-7-9-18-10-8-13)6-5-11-20(12)16(22)23-17(2,3)4/h7-10,12,14H,5-6,11H2,1-4H3,(H,19,21)/t12-,14-/m1/s1. The molecule has 1 aromatic heterocycles. The van der Waals surface area contributed by atoms with Crippen LogP contribution < -0.4 is 5.32 Å². The SMILES string of the molecule is C[C@@H]1[C@H](NC(=O)c2ccncc2)CCCN1C(=O)OC(C)(C)C. The number of carbonyl (C=O) groups is 2. The molecular weight excluding hydrogens is 294 g/mol. The number of pyridine rings is 1. The number of nitrogens with one attached hydrogen (secondary N) is 1. The molecule has 1 fully saturated rings. The van der Waals surface area contributed by atoms with Crippen molar-refractivity contribution in [2.75, 3.05) is 6.54 Å². The molecule has 0 radical (unpaired) electrons. The molecule has 0 aliphatic carbocycles. The van der Waals surface area contributed by atoms with Crippen LogP contribution >= 0.6 is 0 Å². The summed E-state index contributed by atoms with van der Waals surface area (Å²) < 4.78 is 5.45. The maximum atomic E-state index is 12.3. The normalized spacial score (nSPS) is 21.7. The van der Waals surface area contributed by atoms with Crippen LogP contribution in [0.3, 0.4) is 0 Å². The number of nitrogens with zero attached hydrogens (tertiary/aromatic N) is 2. The Morgan fingerprint density at radius 3 is 2.57 bits per heavy atom. The van der Waals surface area contributed by atoms with E-state index in [0.717, 1.165) is 12.8 Å². The number of hydrogen-bond acceptors (Lipinski definition) is 4. The van der Waals surface area contributed by atoms with E-state index in [9.17, 15) is 9.59 Å². The molecule has 0 spiro atoms. The summed E-state index contributed by atoms with van der Waals surface area (Å²) in [6.45, 7) is 8.14. The summed E-state index contributed by atoms with van der Waals surface area (Å²) in [7, 11) is 0. The molecular formula is C17H25N3O3. The molecule has 6 heteroatoms. The Hall–Kier alpha value is -2.11. The van der Waals surface area contributed by atoms with Gasteiger partial charge in [0.15, 0.2) is 0 Å². The Morgan fingerprint density at radius 2 is 1.96 bits per heavy atom. The molecule has 1 aromatic rings. The Kier molecular flexibility index (Phi) is 5.23. The Balaban J connectivity index is 2.01. The van der Waals surface area contributed by atoms with Crippen LogP contribution in [0.4, 0.5) is 4.79 Å². The lowest BCUT2D eigenvalue weighted by atomic mass is 9.97. The molecule has 1 saturated heterocycles. The van der Waals surface area contributed by atoms with Gasteiger partial charge in [-0.05, 0) is 52.7 Å². The van der Waals surface area contributed by atoms with E-state index in [1.165, 1.54) is 0 Å². The zero-order valence-electron chi connectivity index (χ0n) is 14.2. The van der Waals surface area contributed by atoms with E-state index < -0.39 is 5.60 Å². The first-order valence-corrected chi connectivity index (χ1v) is 7.98. The average molecular weight is 319 g/mol. The van der Waals surface area contributed by atoms with Gasteiger partial charge in [0.2, 0.25) is 0 Å². The number of carbonyl (C=O) groups excluding carboxylic acids is 2. The summed E-state index contributed by atoms with van der Waals surface area (Å²) in [5.41, 5.74) is 0.0471. The Bertz CT molecular complexity index is 554. The fourth-order valence-electron chi connectivity index (χ4n) is 2.67. The number of aromatic nitrogens is 1. The summed E-state index contributed by atoms with van der Waals surface area (Å²) in [4.78, 5) is 30.2. The lowest BCUT2D eigenvalue weighted by Crippen LogP contribution is -2.56. The first kappa shape index (κ1) is 17.2. The molecule has 126 valence electrons. The second-order valence-corrected chi connectivity index (χ2v) is 6.87. The number of piperidine rings is 1. The highest BCUT2D eigenvalue weighted by molar-refractivity contribution is 5.94. The lowest BCUT2D eigenvalue weighted by molar-refractivity contribution is 0.00700. The molecule has 2 rings (SSSR count). The van der Waals surface area contributed by atoms with Gasteiger partial charge in [0.1, 0.15) is 5.60 Å². The van der Waals surface area contributed by atoms with E-state index in [2.05, 4.69) is 10.3 Å². The summed E-state index contributed by atoms with van der Waals surface area (Å²) in [6, 6.07) is 3.16. The number of amides is 2. The molecule has 1 aliphatic rings. The van der Waals surface area contributed by atoms with Crippen molar-refractivity contribution in [3.05, 3.63) is 30.1 Å². The second kappa shape index (κ2) is 6.98. The summed E-state index contributed by atoms with van der Waals surface area (Å²) in [6.07, 6.45) is 4.54. The quantitative estimate of drug-likeness (QED) is 0.909. The van der Waals surface area contributed by atoms with Crippen LogP contribution in [0.5, 0.6) is 0 Å². The smallest absolute Gasteiger partial charge is 0.410 e. The van der Waals surface area contributed by atoms with Crippen LogP contribution in [0.1, 0.15) is 50.9 Å². The van der Waals surface area contributed by atoms with Gasteiger partial charge in [0.05, 0.1) is 6.04 Å². The molecule has 6 nitrogen and oxygen atoms in total. The van der Waals surface area contributed by atoms with Gasteiger partial charge in [-0.15, -0.1) is 0 Å². The van der Waals surface area contributed by atoms with Crippen LogP contribution in [-0.4, -0.2) is 46.1 Å². The molecule has 2 atom stereocenters. The highest BCUT2D eigenvalue weighted by Crippen LogP contribution is 2.21. The zero-order chi connectivity index (χ0) is 17.0. The van der Waals surface area contributed by atoms with Crippen molar-refractivity contribution < 1.29 is 14.3 Å². The van der Waals surface area contributed by atoms with Crippen LogP contribution in [-0.2, 0) is 4.74 Å². The summed E-state index contributed by atoms with van der Waals surface area (Å²) >= 11 is 0. The number of likely N-dealkylation sites (tertiary alicyclic amines) is 1. The van der Waals surface area contributed by atoms with Crippen LogP contribution in [0.2, 0.25) is 0 Å². The van der Waals surface area contributed by atoms with E-state index in [0.29, 0.717) is 12.1 Å². The summed E-state index contributed by atoms with van der Waals surface area (Å²) in [5, 5.41) is 3.02. The van der Waals surface area contributed by atoms with E-state index in [4.69, 9.17) is 4.74 Å². The van der Waals surface area contributed by atoms with Gasteiger partial charge in [0, 0.05) is 30.5 Å². The van der Waals surface area contributed by atoms with Gasteiger partial charge in [-0.3, -0.25) is 9.78 Å². The van der Waals surface area contributed by atoms with Crippen LogP contribution in [0.25, 0.3) is 0 Å². The van der Waals surface area contributed by atoms with E-state index >= 15 is 0 Å². The maximum Gasteiger partial charge on any atom is 0.410 e. The van der Waals surface area contributed by atoms with E-state index in [-0.39, 0.29) is 24.1 Å². The average Bonchev–Trinajstić information content (AvgIpc) is 2.48. The van der Waals surface area contributed by atoms with E-state index in [1.807, 2.05) is 27.7 Å². The van der Waals surface area contributed by atoms with Crippen LogP contribution in [0, 0.1) is 0 Å². The van der Waals surface area contributed by atoms with Gasteiger partial charge >= 0.3 is 6.09 Å². The maximum absolute atomic E-state index is 12.3. The second-order valence-electron chi connectivity index (χ2n) is 6.87. The Morgan fingerprint density at radius 1 is 1.30 bits per heavy atom. The van der Waals surface area contributed by atoms with Crippen molar-refractivity contribution in [2.24, 2.45) is 0 Å². The molecule has 2 heterocycles. The minimum atomic E-state index is -0.524. The van der Waals surface area contributed by atoms with Crippen LogP contribution in [0.15, 0.2) is 24.5 Å². The largest absolute Gasteiger partial charge is 0.444 e. The number of rotatable bonds is 2. The first-order chi connectivity index (χ1) is 10.8. The minimum absolute atomic E-state index is 0.0862. The molecule has 0 bridgehead atoms. The van der Waals surface area contributed by atoms with Crippen molar-refractivity contribution >= 4 is 12.0 Å². The molecule has 23 heavy (non-hydrogen) atoms. The summed E-state index contributed by atoms with van der Waals surface area (Å²) in [5.74, 6) is -0.143. The van der Waals surface area contributed by atoms with Gasteiger partial charge in [-0.25, -0.2) is 4.79 Å². The van der Waals surface area contributed by atoms with Gasteiger partial charge < -0.3 is 15.0 Å². The molecule has 2 amide bonds. The predicted molar refractivity (Wildman–Crippen MR) is 87.1 cm³/mol. The monoisotopic (exact) mass is 319 g/mol. The molecule has 1 aliphatic heterocycles. The molecule has 1 N–H and O–H groups in total. The van der Waals surface area contributed by atoms with Crippen molar-refractivity contribution in [3.8, 4) is 0 Å². The van der Waals surface area contributed by atoms with Gasteiger partial charge in [0.25, 0.3) is 5.91 Å². The highest BCUT2D eigenvalue weighted by atomic mass is 16.6. The highest BCUT2D eigenvalue weighted by Gasteiger charge is 2.34. The van der Waals surface area contributed by atoms with Gasteiger partial charge in [-0.2, -0.15) is 0 Å². The zero-order valence-corrected chi connectivity index (χ0v) is 14.2. The van der Waals surface area contributed by atoms with E-state index in [1.54, 1.807) is 29.4 Å². The third kappa shape index (κ3) is 4.68. The third-order valence-corrected chi connectivity index (χ3v) is 3.88. The molecule has 0 saturated carbocycles. The molecule has 0 aromatic carbocycles. The topological polar surface area (TPSA) is 71.5 Å². The first-order valence-electron chi connectivity index (χ1n) is 7.98. The lowest BCUT2D eigenvalue weighted by Gasteiger charge is -2.40. The fourth-order valence-corrected chi connectivity index (χ4v) is 2.67. The number of ether oxygens (including phenoxy) is 1. The fraction of sp³-hybridized carbons (Fsp3) is 0.588. The predicted octanol–water partition coefficient (Wildman–Crippen LogP) is 2.60. The minimum Gasteiger partial charge on any atom is -0.444 e. The third-order valence-electron chi connectivity index (χ3n) is 3.88.